The van der Waals surface area contributed by atoms with Gasteiger partial charge in [-0.3, -0.25) is 9.36 Å². The summed E-state index contributed by atoms with van der Waals surface area (Å²) >= 11 is 1.48. The van der Waals surface area contributed by atoms with Crippen molar-refractivity contribution >= 4 is 21.6 Å². The lowest BCUT2D eigenvalue weighted by Gasteiger charge is -2.09. The number of nitrogens with zero attached hydrogens (tertiary/aromatic N) is 2. The fraction of sp³-hybridized carbons (Fsp3) is 0.182. The predicted octanol–water partition coefficient (Wildman–Crippen LogP) is 5.10. The molecule has 0 amide bonds. The van der Waals surface area contributed by atoms with Crippen LogP contribution in [0.2, 0.25) is 0 Å². The molecule has 2 aromatic carbocycles. The molecule has 130 valence electrons. The summed E-state index contributed by atoms with van der Waals surface area (Å²) in [6.45, 7) is 6.78. The number of rotatable bonds is 3. The first-order chi connectivity index (χ1) is 12.5. The zero-order valence-corrected chi connectivity index (χ0v) is 15.9. The van der Waals surface area contributed by atoms with Crippen LogP contribution in [0.4, 0.5) is 0 Å². The second-order valence-electron chi connectivity index (χ2n) is 6.80. The van der Waals surface area contributed by atoms with E-state index in [-0.39, 0.29) is 5.56 Å². The molecule has 4 aromatic rings. The maximum atomic E-state index is 13.0. The molecule has 0 aliphatic heterocycles. The van der Waals surface area contributed by atoms with E-state index in [0.29, 0.717) is 11.2 Å². The standard InChI is InChI=1S/C22H20N2OS/c1-14-5-4-6-17(10-14)19-12-26-21-20(19)23-13-24(22(21)25)11-18-8-7-15(2)9-16(18)3/h4-10,12-13H,11H2,1-3H3. The maximum Gasteiger partial charge on any atom is 0.271 e. The Morgan fingerprint density at radius 2 is 1.85 bits per heavy atom. The molecule has 4 heteroatoms. The van der Waals surface area contributed by atoms with Gasteiger partial charge in [0.2, 0.25) is 0 Å². The van der Waals surface area contributed by atoms with Crippen LogP contribution in [0, 0.1) is 20.8 Å². The molecular formula is C22H20N2OS. The summed E-state index contributed by atoms with van der Waals surface area (Å²) in [5, 5.41) is 2.04. The highest BCUT2D eigenvalue weighted by Crippen LogP contribution is 2.31. The zero-order chi connectivity index (χ0) is 18.3. The Morgan fingerprint density at radius 3 is 2.62 bits per heavy atom. The fourth-order valence-electron chi connectivity index (χ4n) is 3.28. The Balaban J connectivity index is 1.78. The van der Waals surface area contributed by atoms with E-state index in [2.05, 4.69) is 62.2 Å². The smallest absolute Gasteiger partial charge is 0.271 e. The molecule has 3 nitrogen and oxygen atoms in total. The number of aromatic nitrogens is 2. The van der Waals surface area contributed by atoms with E-state index >= 15 is 0 Å². The summed E-state index contributed by atoms with van der Waals surface area (Å²) in [7, 11) is 0. The van der Waals surface area contributed by atoms with Crippen molar-refractivity contribution in [2.75, 3.05) is 0 Å². The monoisotopic (exact) mass is 360 g/mol. The van der Waals surface area contributed by atoms with Crippen LogP contribution in [-0.2, 0) is 6.54 Å². The number of benzene rings is 2. The van der Waals surface area contributed by atoms with Crippen molar-refractivity contribution in [3.05, 3.63) is 86.8 Å². The van der Waals surface area contributed by atoms with Crippen LogP contribution in [0.5, 0.6) is 0 Å². The average molecular weight is 360 g/mol. The van der Waals surface area contributed by atoms with Crippen molar-refractivity contribution in [1.29, 1.82) is 0 Å². The average Bonchev–Trinajstić information content (AvgIpc) is 3.04. The summed E-state index contributed by atoms with van der Waals surface area (Å²) in [6, 6.07) is 14.6. The highest BCUT2D eigenvalue weighted by molar-refractivity contribution is 7.17. The molecule has 0 saturated heterocycles. The minimum atomic E-state index is 0.0267. The third-order valence-corrected chi connectivity index (χ3v) is 5.67. The van der Waals surface area contributed by atoms with E-state index in [1.807, 2.05) is 11.4 Å². The summed E-state index contributed by atoms with van der Waals surface area (Å²) < 4.78 is 2.42. The maximum absolute atomic E-state index is 13.0. The SMILES string of the molecule is Cc1cccc(-c2csc3c(=O)n(Cc4ccc(C)cc4C)cnc23)c1. The number of aryl methyl sites for hydroxylation is 3. The number of fused-ring (bicyclic) bond motifs is 1. The lowest BCUT2D eigenvalue weighted by Crippen LogP contribution is -2.20. The molecule has 0 fully saturated rings. The predicted molar refractivity (Wildman–Crippen MR) is 109 cm³/mol. The van der Waals surface area contributed by atoms with E-state index in [1.54, 1.807) is 10.9 Å². The van der Waals surface area contributed by atoms with Gasteiger partial charge >= 0.3 is 0 Å². The Bertz CT molecular complexity index is 1170. The molecule has 0 aliphatic carbocycles. The molecule has 0 bridgehead atoms. The van der Waals surface area contributed by atoms with Crippen molar-refractivity contribution < 1.29 is 0 Å². The topological polar surface area (TPSA) is 34.9 Å². The highest BCUT2D eigenvalue weighted by Gasteiger charge is 2.13. The Hall–Kier alpha value is -2.72. The summed E-state index contributed by atoms with van der Waals surface area (Å²) in [4.78, 5) is 17.6. The van der Waals surface area contributed by atoms with Crippen LogP contribution in [-0.4, -0.2) is 9.55 Å². The van der Waals surface area contributed by atoms with Crippen LogP contribution >= 0.6 is 11.3 Å². The first-order valence-electron chi connectivity index (χ1n) is 8.63. The molecule has 4 rings (SSSR count). The van der Waals surface area contributed by atoms with Gasteiger partial charge in [-0.25, -0.2) is 4.98 Å². The Labute approximate surface area is 156 Å². The van der Waals surface area contributed by atoms with Gasteiger partial charge in [-0.15, -0.1) is 11.3 Å². The molecule has 2 heterocycles. The molecule has 0 unspecified atom stereocenters. The highest BCUT2D eigenvalue weighted by atomic mass is 32.1. The van der Waals surface area contributed by atoms with Gasteiger partial charge < -0.3 is 0 Å². The van der Waals surface area contributed by atoms with Crippen molar-refractivity contribution in [3.63, 3.8) is 0 Å². The molecule has 0 spiro atoms. The van der Waals surface area contributed by atoms with Crippen LogP contribution in [0.1, 0.15) is 22.3 Å². The van der Waals surface area contributed by atoms with E-state index in [4.69, 9.17) is 0 Å². The van der Waals surface area contributed by atoms with Crippen LogP contribution in [0.25, 0.3) is 21.3 Å². The molecule has 0 N–H and O–H groups in total. The molecular weight excluding hydrogens is 340 g/mol. The van der Waals surface area contributed by atoms with Gasteiger partial charge in [0.1, 0.15) is 4.70 Å². The van der Waals surface area contributed by atoms with Crippen LogP contribution in [0.15, 0.2) is 59.0 Å². The quantitative estimate of drug-likeness (QED) is 0.509. The molecule has 0 radical (unpaired) electrons. The van der Waals surface area contributed by atoms with Gasteiger partial charge in [-0.1, -0.05) is 53.6 Å². The Morgan fingerprint density at radius 1 is 1.04 bits per heavy atom. The first kappa shape index (κ1) is 16.7. The third-order valence-electron chi connectivity index (χ3n) is 4.71. The second kappa shape index (κ2) is 6.54. The van der Waals surface area contributed by atoms with Gasteiger partial charge in [0.05, 0.1) is 18.4 Å². The second-order valence-corrected chi connectivity index (χ2v) is 7.68. The van der Waals surface area contributed by atoms with Crippen molar-refractivity contribution in [3.8, 4) is 11.1 Å². The van der Waals surface area contributed by atoms with E-state index in [0.717, 1.165) is 22.2 Å². The van der Waals surface area contributed by atoms with Gasteiger partial charge in [-0.05, 0) is 37.5 Å². The Kier molecular flexibility index (Phi) is 4.21. The van der Waals surface area contributed by atoms with Gasteiger partial charge in [-0.2, -0.15) is 0 Å². The minimum absolute atomic E-state index is 0.0267. The van der Waals surface area contributed by atoms with E-state index < -0.39 is 0 Å². The van der Waals surface area contributed by atoms with E-state index in [9.17, 15) is 4.79 Å². The molecule has 26 heavy (non-hydrogen) atoms. The zero-order valence-electron chi connectivity index (χ0n) is 15.1. The third kappa shape index (κ3) is 2.97. The lowest BCUT2D eigenvalue weighted by molar-refractivity contribution is 0.746. The largest absolute Gasteiger partial charge is 0.294 e. The molecule has 2 aromatic heterocycles. The van der Waals surface area contributed by atoms with E-state index in [1.165, 1.54) is 28.0 Å². The minimum Gasteiger partial charge on any atom is -0.294 e. The first-order valence-corrected chi connectivity index (χ1v) is 9.51. The van der Waals surface area contributed by atoms with Crippen LogP contribution < -0.4 is 5.56 Å². The van der Waals surface area contributed by atoms with Gasteiger partial charge in [0, 0.05) is 10.9 Å². The van der Waals surface area contributed by atoms with Gasteiger partial charge in [0.25, 0.3) is 5.56 Å². The van der Waals surface area contributed by atoms with Crippen molar-refractivity contribution in [2.45, 2.75) is 27.3 Å². The number of hydrogen-bond donors (Lipinski definition) is 0. The number of thiophene rings is 1. The fourth-order valence-corrected chi connectivity index (χ4v) is 4.25. The summed E-state index contributed by atoms with van der Waals surface area (Å²) in [5.41, 5.74) is 7.73. The van der Waals surface area contributed by atoms with Crippen molar-refractivity contribution in [2.24, 2.45) is 0 Å². The van der Waals surface area contributed by atoms with Gasteiger partial charge in [0.15, 0.2) is 0 Å². The molecule has 0 aliphatic rings. The lowest BCUT2D eigenvalue weighted by atomic mass is 10.1. The van der Waals surface area contributed by atoms with Crippen molar-refractivity contribution in [1.82, 2.24) is 9.55 Å². The summed E-state index contributed by atoms with van der Waals surface area (Å²) in [6.07, 6.45) is 1.68. The normalized spacial score (nSPS) is 11.2. The van der Waals surface area contributed by atoms with Crippen LogP contribution in [0.3, 0.4) is 0 Å². The number of hydrogen-bond acceptors (Lipinski definition) is 3. The molecule has 0 atom stereocenters. The summed E-state index contributed by atoms with van der Waals surface area (Å²) in [5.74, 6) is 0. The molecule has 0 saturated carbocycles.